The van der Waals surface area contributed by atoms with Crippen LogP contribution in [0.3, 0.4) is 0 Å². The Kier molecular flexibility index (Phi) is 2.19. The predicted octanol–water partition coefficient (Wildman–Crippen LogP) is 1.92. The molecule has 0 fully saturated rings. The molecule has 0 radical (unpaired) electrons. The van der Waals surface area contributed by atoms with Gasteiger partial charge in [0.15, 0.2) is 0 Å². The molecule has 0 aliphatic carbocycles. The van der Waals surface area contributed by atoms with Crippen LogP contribution in [0.1, 0.15) is 0 Å². The van der Waals surface area contributed by atoms with Crippen LogP contribution in [0.2, 0.25) is 0 Å². The Bertz CT molecular complexity index is 733. The fraction of sp³-hybridized carbons (Fsp3) is 0.0769. The van der Waals surface area contributed by atoms with Crippen LogP contribution >= 0.6 is 0 Å². The number of pyridine rings is 1. The maximum Gasteiger partial charge on any atom is 0.141 e. The van der Waals surface area contributed by atoms with E-state index in [1.54, 1.807) is 30.2 Å². The SMILES string of the molecule is Cn1ncc(-c2ccc(O)c3ncccc23)c1N. The Hall–Kier alpha value is -2.56. The Morgan fingerprint density at radius 2 is 2.06 bits per heavy atom. The van der Waals surface area contributed by atoms with Crippen molar-refractivity contribution in [1.82, 2.24) is 14.8 Å². The number of rotatable bonds is 1. The minimum Gasteiger partial charge on any atom is -0.506 e. The highest BCUT2D eigenvalue weighted by Gasteiger charge is 2.12. The zero-order valence-electron chi connectivity index (χ0n) is 9.83. The molecule has 0 spiro atoms. The van der Waals surface area contributed by atoms with E-state index in [-0.39, 0.29) is 5.75 Å². The zero-order valence-corrected chi connectivity index (χ0v) is 9.83. The lowest BCUT2D eigenvalue weighted by atomic mass is 10.0. The van der Waals surface area contributed by atoms with Gasteiger partial charge in [-0.05, 0) is 23.8 Å². The topological polar surface area (TPSA) is 77.0 Å². The highest BCUT2D eigenvalue weighted by molar-refractivity contribution is 5.99. The maximum absolute atomic E-state index is 9.80. The van der Waals surface area contributed by atoms with Gasteiger partial charge in [0.05, 0.1) is 6.20 Å². The van der Waals surface area contributed by atoms with Gasteiger partial charge in [-0.2, -0.15) is 5.10 Å². The number of phenols is 1. The number of aryl methyl sites for hydroxylation is 1. The molecule has 0 amide bonds. The first-order chi connectivity index (χ1) is 8.68. The molecule has 2 aromatic heterocycles. The number of phenolic OH excluding ortho intramolecular Hbond substituents is 1. The minimum atomic E-state index is 0.164. The number of aromatic nitrogens is 3. The van der Waals surface area contributed by atoms with Gasteiger partial charge < -0.3 is 10.8 Å². The molecule has 0 saturated carbocycles. The van der Waals surface area contributed by atoms with E-state index in [4.69, 9.17) is 5.73 Å². The summed E-state index contributed by atoms with van der Waals surface area (Å²) < 4.78 is 1.62. The van der Waals surface area contributed by atoms with E-state index >= 15 is 0 Å². The molecule has 5 nitrogen and oxygen atoms in total. The van der Waals surface area contributed by atoms with E-state index in [2.05, 4.69) is 10.1 Å². The molecule has 0 atom stereocenters. The van der Waals surface area contributed by atoms with Crippen LogP contribution in [-0.4, -0.2) is 19.9 Å². The van der Waals surface area contributed by atoms with Gasteiger partial charge >= 0.3 is 0 Å². The molecule has 3 rings (SSSR count). The average molecular weight is 240 g/mol. The molecule has 2 heterocycles. The van der Waals surface area contributed by atoms with Gasteiger partial charge in [0.1, 0.15) is 17.1 Å². The van der Waals surface area contributed by atoms with E-state index in [0.29, 0.717) is 11.3 Å². The third kappa shape index (κ3) is 1.41. The quantitative estimate of drug-likeness (QED) is 0.681. The van der Waals surface area contributed by atoms with Crippen molar-refractivity contribution in [2.24, 2.45) is 7.05 Å². The molecule has 5 heteroatoms. The highest BCUT2D eigenvalue weighted by Crippen LogP contribution is 2.34. The summed E-state index contributed by atoms with van der Waals surface area (Å²) in [5.41, 5.74) is 8.31. The van der Waals surface area contributed by atoms with Crippen molar-refractivity contribution in [2.75, 3.05) is 5.73 Å². The van der Waals surface area contributed by atoms with Gasteiger partial charge in [-0.15, -0.1) is 0 Å². The normalized spacial score (nSPS) is 10.9. The van der Waals surface area contributed by atoms with Crippen LogP contribution in [0.5, 0.6) is 5.75 Å². The maximum atomic E-state index is 9.80. The average Bonchev–Trinajstić information content (AvgIpc) is 2.71. The van der Waals surface area contributed by atoms with E-state index in [9.17, 15) is 5.11 Å². The van der Waals surface area contributed by atoms with Crippen molar-refractivity contribution in [1.29, 1.82) is 0 Å². The molecule has 90 valence electrons. The van der Waals surface area contributed by atoms with Crippen molar-refractivity contribution < 1.29 is 5.11 Å². The zero-order chi connectivity index (χ0) is 12.7. The first kappa shape index (κ1) is 10.6. The van der Waals surface area contributed by atoms with Crippen LogP contribution in [-0.2, 0) is 7.05 Å². The second-order valence-corrected chi connectivity index (χ2v) is 4.10. The smallest absolute Gasteiger partial charge is 0.141 e. The predicted molar refractivity (Wildman–Crippen MR) is 70.0 cm³/mol. The Morgan fingerprint density at radius 1 is 1.22 bits per heavy atom. The minimum absolute atomic E-state index is 0.164. The number of fused-ring (bicyclic) bond motifs is 1. The van der Waals surface area contributed by atoms with Crippen molar-refractivity contribution in [2.45, 2.75) is 0 Å². The Balaban J connectivity index is 2.37. The van der Waals surface area contributed by atoms with Gasteiger partial charge in [-0.1, -0.05) is 6.07 Å². The fourth-order valence-corrected chi connectivity index (χ4v) is 2.05. The first-order valence-electron chi connectivity index (χ1n) is 5.53. The Labute approximate surface area is 103 Å². The van der Waals surface area contributed by atoms with Crippen molar-refractivity contribution in [3.8, 4) is 16.9 Å². The fourth-order valence-electron chi connectivity index (χ4n) is 2.05. The standard InChI is InChI=1S/C13H12N4O/c1-17-13(14)10(7-16-17)8-4-5-11(18)12-9(8)3-2-6-15-12/h2-7,18H,14H2,1H3. The molecule has 1 aromatic carbocycles. The summed E-state index contributed by atoms with van der Waals surface area (Å²) in [6.07, 6.45) is 3.37. The number of nitrogens with two attached hydrogens (primary N) is 1. The van der Waals surface area contributed by atoms with Gasteiger partial charge in [0.2, 0.25) is 0 Å². The summed E-state index contributed by atoms with van der Waals surface area (Å²) in [6.45, 7) is 0. The third-order valence-electron chi connectivity index (χ3n) is 3.02. The van der Waals surface area contributed by atoms with E-state index in [1.807, 2.05) is 18.2 Å². The van der Waals surface area contributed by atoms with Gasteiger partial charge in [0.25, 0.3) is 0 Å². The largest absolute Gasteiger partial charge is 0.506 e. The number of hydrogen-bond acceptors (Lipinski definition) is 4. The van der Waals surface area contributed by atoms with Crippen LogP contribution in [0, 0.1) is 0 Å². The van der Waals surface area contributed by atoms with Crippen LogP contribution in [0.15, 0.2) is 36.7 Å². The molecule has 0 saturated heterocycles. The lowest BCUT2D eigenvalue weighted by Crippen LogP contribution is -1.98. The summed E-state index contributed by atoms with van der Waals surface area (Å²) >= 11 is 0. The van der Waals surface area contributed by atoms with E-state index in [1.165, 1.54) is 0 Å². The lowest BCUT2D eigenvalue weighted by Gasteiger charge is -2.06. The number of benzene rings is 1. The third-order valence-corrected chi connectivity index (χ3v) is 3.02. The second kappa shape index (κ2) is 3.73. The van der Waals surface area contributed by atoms with E-state index in [0.717, 1.165) is 16.5 Å². The number of hydrogen-bond donors (Lipinski definition) is 2. The Morgan fingerprint density at radius 3 is 2.78 bits per heavy atom. The van der Waals surface area contributed by atoms with Crippen LogP contribution < -0.4 is 5.73 Å². The summed E-state index contributed by atoms with van der Waals surface area (Å²) in [4.78, 5) is 4.19. The molecule has 0 aliphatic heterocycles. The van der Waals surface area contributed by atoms with Crippen molar-refractivity contribution in [3.63, 3.8) is 0 Å². The first-order valence-corrected chi connectivity index (χ1v) is 5.53. The van der Waals surface area contributed by atoms with Crippen molar-refractivity contribution >= 4 is 16.7 Å². The molecular formula is C13H12N4O. The molecule has 18 heavy (non-hydrogen) atoms. The van der Waals surface area contributed by atoms with Gasteiger partial charge in [-0.25, -0.2) is 0 Å². The number of nitrogen functional groups attached to an aromatic ring is 1. The van der Waals surface area contributed by atoms with Gasteiger partial charge in [0, 0.05) is 24.2 Å². The van der Waals surface area contributed by atoms with Crippen LogP contribution in [0.4, 0.5) is 5.82 Å². The van der Waals surface area contributed by atoms with E-state index < -0.39 is 0 Å². The summed E-state index contributed by atoms with van der Waals surface area (Å²) in [5.74, 6) is 0.752. The highest BCUT2D eigenvalue weighted by atomic mass is 16.3. The summed E-state index contributed by atoms with van der Waals surface area (Å²) in [6, 6.07) is 7.19. The number of anilines is 1. The number of aromatic hydroxyl groups is 1. The molecule has 3 aromatic rings. The van der Waals surface area contributed by atoms with Gasteiger partial charge in [-0.3, -0.25) is 9.67 Å². The number of nitrogens with zero attached hydrogens (tertiary/aromatic N) is 3. The second-order valence-electron chi connectivity index (χ2n) is 4.10. The molecular weight excluding hydrogens is 228 g/mol. The monoisotopic (exact) mass is 240 g/mol. The van der Waals surface area contributed by atoms with Crippen LogP contribution in [0.25, 0.3) is 22.0 Å². The lowest BCUT2D eigenvalue weighted by molar-refractivity contribution is 0.480. The molecule has 0 aliphatic rings. The summed E-state index contributed by atoms with van der Waals surface area (Å²) in [5, 5.41) is 14.8. The van der Waals surface area contributed by atoms with Crippen molar-refractivity contribution in [3.05, 3.63) is 36.7 Å². The molecule has 3 N–H and O–H groups in total. The molecule has 0 unspecified atom stereocenters. The molecule has 0 bridgehead atoms. The summed E-state index contributed by atoms with van der Waals surface area (Å²) in [7, 11) is 1.79.